The molecular formula is C13H16O2. The largest absolute Gasteiger partial charge is 0.423 e. The molecule has 0 bridgehead atoms. The summed E-state index contributed by atoms with van der Waals surface area (Å²) in [5, 5.41) is 1.01. The van der Waals surface area contributed by atoms with E-state index in [0.29, 0.717) is 5.58 Å². The number of aryl methyl sites for hydroxylation is 2. The molecule has 1 heterocycles. The van der Waals surface area contributed by atoms with Crippen LogP contribution in [-0.2, 0) is 0 Å². The topological polar surface area (TPSA) is 30.2 Å². The molecule has 2 aromatic rings. The van der Waals surface area contributed by atoms with Gasteiger partial charge in [-0.1, -0.05) is 25.5 Å². The fourth-order valence-electron chi connectivity index (χ4n) is 1.43. The van der Waals surface area contributed by atoms with E-state index in [-0.39, 0.29) is 5.63 Å². The minimum Gasteiger partial charge on any atom is -0.423 e. The molecule has 0 atom stereocenters. The minimum atomic E-state index is -0.283. The molecule has 0 N–H and O–H groups in total. The van der Waals surface area contributed by atoms with E-state index in [0.717, 1.165) is 10.9 Å². The summed E-state index contributed by atoms with van der Waals surface area (Å²) >= 11 is 0. The van der Waals surface area contributed by atoms with Crippen LogP contribution in [-0.4, -0.2) is 0 Å². The molecule has 1 aromatic carbocycles. The van der Waals surface area contributed by atoms with Crippen LogP contribution in [0.5, 0.6) is 0 Å². The van der Waals surface area contributed by atoms with Crippen molar-refractivity contribution in [2.24, 2.45) is 0 Å². The van der Waals surface area contributed by atoms with Crippen LogP contribution in [0.1, 0.15) is 25.0 Å². The molecule has 0 fully saturated rings. The van der Waals surface area contributed by atoms with E-state index in [4.69, 9.17) is 4.42 Å². The van der Waals surface area contributed by atoms with E-state index < -0.39 is 0 Å². The maximum absolute atomic E-state index is 11.0. The van der Waals surface area contributed by atoms with Gasteiger partial charge in [-0.2, -0.15) is 0 Å². The molecule has 0 unspecified atom stereocenters. The fraction of sp³-hybridized carbons (Fsp3) is 0.308. The summed E-state index contributed by atoms with van der Waals surface area (Å²) < 4.78 is 5.04. The Morgan fingerprint density at radius 3 is 2.40 bits per heavy atom. The third kappa shape index (κ3) is 2.46. The minimum absolute atomic E-state index is 0.283. The summed E-state index contributed by atoms with van der Waals surface area (Å²) in [4.78, 5) is 11.0. The SMILES string of the molecule is CC.Cc1ccc2oc(=O)cc(C)c2c1. The maximum atomic E-state index is 11.0. The summed E-state index contributed by atoms with van der Waals surface area (Å²) in [6.45, 7) is 7.93. The lowest BCUT2D eigenvalue weighted by molar-refractivity contribution is 0.560. The summed E-state index contributed by atoms with van der Waals surface area (Å²) in [5.41, 5.74) is 2.52. The van der Waals surface area contributed by atoms with Crippen molar-refractivity contribution in [2.75, 3.05) is 0 Å². The van der Waals surface area contributed by atoms with Crippen molar-refractivity contribution in [1.82, 2.24) is 0 Å². The Balaban J connectivity index is 0.000000531. The molecule has 0 spiro atoms. The van der Waals surface area contributed by atoms with E-state index >= 15 is 0 Å². The van der Waals surface area contributed by atoms with Crippen LogP contribution in [0.4, 0.5) is 0 Å². The van der Waals surface area contributed by atoms with Gasteiger partial charge in [0.05, 0.1) is 0 Å². The zero-order chi connectivity index (χ0) is 11.4. The van der Waals surface area contributed by atoms with Gasteiger partial charge in [-0.3, -0.25) is 0 Å². The Labute approximate surface area is 89.5 Å². The Morgan fingerprint density at radius 1 is 1.07 bits per heavy atom. The van der Waals surface area contributed by atoms with Crippen LogP contribution in [0.15, 0.2) is 33.5 Å². The molecule has 0 saturated carbocycles. The predicted molar refractivity (Wildman–Crippen MR) is 63.3 cm³/mol. The quantitative estimate of drug-likeness (QED) is 0.615. The lowest BCUT2D eigenvalue weighted by Gasteiger charge is -2.00. The Morgan fingerprint density at radius 2 is 1.73 bits per heavy atom. The first-order chi connectivity index (χ1) is 7.16. The Hall–Kier alpha value is -1.57. The molecule has 0 radical (unpaired) electrons. The molecule has 15 heavy (non-hydrogen) atoms. The monoisotopic (exact) mass is 204 g/mol. The summed E-state index contributed by atoms with van der Waals surface area (Å²) in [7, 11) is 0. The van der Waals surface area contributed by atoms with Gasteiger partial charge in [0.2, 0.25) is 0 Å². The van der Waals surface area contributed by atoms with Gasteiger partial charge in [-0.25, -0.2) is 4.79 Å². The fourth-order valence-corrected chi connectivity index (χ4v) is 1.43. The average molecular weight is 204 g/mol. The van der Waals surface area contributed by atoms with Crippen LogP contribution in [0.3, 0.4) is 0 Å². The van der Waals surface area contributed by atoms with Crippen LogP contribution < -0.4 is 5.63 Å². The first-order valence-corrected chi connectivity index (χ1v) is 5.18. The zero-order valence-electron chi connectivity index (χ0n) is 9.63. The van der Waals surface area contributed by atoms with Gasteiger partial charge < -0.3 is 4.42 Å². The molecule has 0 saturated heterocycles. The number of hydrogen-bond donors (Lipinski definition) is 0. The van der Waals surface area contributed by atoms with Crippen molar-refractivity contribution in [3.8, 4) is 0 Å². The molecule has 0 aliphatic carbocycles. The Bertz CT molecular complexity index is 509. The van der Waals surface area contributed by atoms with Gasteiger partial charge in [0.15, 0.2) is 0 Å². The maximum Gasteiger partial charge on any atom is 0.336 e. The summed E-state index contributed by atoms with van der Waals surface area (Å²) in [6.07, 6.45) is 0. The van der Waals surface area contributed by atoms with Gasteiger partial charge in [0.25, 0.3) is 0 Å². The molecule has 2 heteroatoms. The van der Waals surface area contributed by atoms with Gasteiger partial charge >= 0.3 is 5.63 Å². The second-order valence-electron chi connectivity index (χ2n) is 3.25. The highest BCUT2D eigenvalue weighted by atomic mass is 16.4. The molecule has 80 valence electrons. The van der Waals surface area contributed by atoms with Crippen molar-refractivity contribution >= 4 is 11.0 Å². The first kappa shape index (κ1) is 11.5. The lowest BCUT2D eigenvalue weighted by atomic mass is 10.1. The van der Waals surface area contributed by atoms with E-state index in [2.05, 4.69) is 0 Å². The van der Waals surface area contributed by atoms with Crippen molar-refractivity contribution < 1.29 is 4.42 Å². The van der Waals surface area contributed by atoms with Gasteiger partial charge in [-0.05, 0) is 31.5 Å². The van der Waals surface area contributed by atoms with Gasteiger partial charge in [-0.15, -0.1) is 0 Å². The normalized spacial score (nSPS) is 9.60. The van der Waals surface area contributed by atoms with Crippen LogP contribution in [0, 0.1) is 13.8 Å². The van der Waals surface area contributed by atoms with Crippen molar-refractivity contribution in [3.63, 3.8) is 0 Å². The molecule has 0 aliphatic rings. The number of benzene rings is 1. The number of rotatable bonds is 0. The average Bonchev–Trinajstić information content (AvgIpc) is 2.22. The summed E-state index contributed by atoms with van der Waals surface area (Å²) in [5.74, 6) is 0. The second kappa shape index (κ2) is 4.78. The van der Waals surface area contributed by atoms with Crippen molar-refractivity contribution in [1.29, 1.82) is 0 Å². The molecule has 2 nitrogen and oxygen atoms in total. The Kier molecular flexibility index (Phi) is 3.67. The van der Waals surface area contributed by atoms with E-state index in [1.165, 1.54) is 11.6 Å². The lowest BCUT2D eigenvalue weighted by Crippen LogP contribution is -1.97. The second-order valence-corrected chi connectivity index (χ2v) is 3.25. The van der Waals surface area contributed by atoms with E-state index in [1.54, 1.807) is 0 Å². The predicted octanol–water partition coefficient (Wildman–Crippen LogP) is 3.44. The standard InChI is InChI=1S/C11H10O2.C2H6/c1-7-3-4-10-9(5-7)8(2)6-11(12)13-10;1-2/h3-6H,1-2H3;1-2H3. The van der Waals surface area contributed by atoms with Crippen LogP contribution in [0.25, 0.3) is 11.0 Å². The van der Waals surface area contributed by atoms with Gasteiger partial charge in [0.1, 0.15) is 5.58 Å². The molecule has 2 rings (SSSR count). The number of fused-ring (bicyclic) bond motifs is 1. The van der Waals surface area contributed by atoms with E-state index in [1.807, 2.05) is 45.9 Å². The van der Waals surface area contributed by atoms with E-state index in [9.17, 15) is 4.79 Å². The highest BCUT2D eigenvalue weighted by Gasteiger charge is 2.00. The highest BCUT2D eigenvalue weighted by Crippen LogP contribution is 2.17. The summed E-state index contributed by atoms with van der Waals surface area (Å²) in [6, 6.07) is 7.30. The highest BCUT2D eigenvalue weighted by molar-refractivity contribution is 5.80. The third-order valence-electron chi connectivity index (χ3n) is 2.10. The molecule has 0 aliphatic heterocycles. The van der Waals surface area contributed by atoms with Crippen LogP contribution >= 0.6 is 0 Å². The first-order valence-electron chi connectivity index (χ1n) is 5.18. The van der Waals surface area contributed by atoms with Crippen LogP contribution in [0.2, 0.25) is 0 Å². The molecule has 1 aromatic heterocycles. The zero-order valence-corrected chi connectivity index (χ0v) is 9.63. The smallest absolute Gasteiger partial charge is 0.336 e. The van der Waals surface area contributed by atoms with Crippen molar-refractivity contribution in [3.05, 3.63) is 45.8 Å². The third-order valence-corrected chi connectivity index (χ3v) is 2.10. The van der Waals surface area contributed by atoms with Crippen molar-refractivity contribution in [2.45, 2.75) is 27.7 Å². The molecular weight excluding hydrogens is 188 g/mol. The molecule has 0 amide bonds. The number of hydrogen-bond acceptors (Lipinski definition) is 2. The van der Waals surface area contributed by atoms with Gasteiger partial charge in [0, 0.05) is 11.5 Å².